The Hall–Kier alpha value is -2.66. The fourth-order valence-electron chi connectivity index (χ4n) is 3.61. The Kier molecular flexibility index (Phi) is 5.17. The molecule has 1 atom stereocenters. The normalized spacial score (nSPS) is 16.1. The van der Waals surface area contributed by atoms with Crippen LogP contribution in [0.4, 0.5) is 10.5 Å². The molecule has 0 saturated heterocycles. The third kappa shape index (κ3) is 3.92. The highest BCUT2D eigenvalue weighted by molar-refractivity contribution is 6.19. The molecule has 1 unspecified atom stereocenters. The first-order valence-electron chi connectivity index (χ1n) is 9.64. The number of carbonyl (C=O) groups is 1. The molecule has 0 fully saturated rings. The van der Waals surface area contributed by atoms with Gasteiger partial charge in [-0.15, -0.1) is 11.6 Å². The predicted molar refractivity (Wildman–Crippen MR) is 114 cm³/mol. The topological polar surface area (TPSA) is 51.9 Å². The summed E-state index contributed by atoms with van der Waals surface area (Å²) in [5.41, 5.74) is 2.85. The van der Waals surface area contributed by atoms with Gasteiger partial charge in [0.1, 0.15) is 23.5 Å². The molecule has 6 heteroatoms. The lowest BCUT2D eigenvalue weighted by atomic mass is 10.0. The van der Waals surface area contributed by atoms with E-state index in [9.17, 15) is 4.79 Å². The molecular formula is C23H24ClNO4. The Morgan fingerprint density at radius 2 is 2.00 bits per heavy atom. The maximum absolute atomic E-state index is 12.8. The molecular weight excluding hydrogens is 390 g/mol. The number of rotatable bonds is 4. The molecule has 1 aliphatic heterocycles. The van der Waals surface area contributed by atoms with Crippen molar-refractivity contribution in [2.75, 3.05) is 17.3 Å². The van der Waals surface area contributed by atoms with Crippen molar-refractivity contribution < 1.29 is 18.7 Å². The van der Waals surface area contributed by atoms with Crippen LogP contribution < -0.4 is 9.64 Å². The first-order chi connectivity index (χ1) is 13.9. The van der Waals surface area contributed by atoms with E-state index in [0.717, 1.165) is 22.2 Å². The molecule has 2 heterocycles. The third-order valence-corrected chi connectivity index (χ3v) is 5.23. The number of alkyl halides is 1. The number of anilines is 1. The summed E-state index contributed by atoms with van der Waals surface area (Å²) < 4.78 is 17.5. The highest BCUT2D eigenvalue weighted by Crippen LogP contribution is 2.46. The van der Waals surface area contributed by atoms with Crippen molar-refractivity contribution in [3.8, 4) is 5.75 Å². The SMILES string of the molecule is CC(C)(C)OC(=O)N1CC(CCl)c2c1cc(OCc1ccccc1)c1ccoc21. The van der Waals surface area contributed by atoms with Gasteiger partial charge in [0, 0.05) is 30.0 Å². The van der Waals surface area contributed by atoms with Crippen molar-refractivity contribution in [2.45, 2.75) is 38.9 Å². The minimum atomic E-state index is -0.586. The van der Waals surface area contributed by atoms with Gasteiger partial charge in [0.05, 0.1) is 17.3 Å². The second-order valence-electron chi connectivity index (χ2n) is 8.19. The van der Waals surface area contributed by atoms with E-state index < -0.39 is 11.7 Å². The predicted octanol–water partition coefficient (Wildman–Crippen LogP) is 6.09. The summed E-state index contributed by atoms with van der Waals surface area (Å²) in [6, 6.07) is 13.7. The van der Waals surface area contributed by atoms with Crippen molar-refractivity contribution in [1.29, 1.82) is 0 Å². The van der Waals surface area contributed by atoms with Crippen LogP contribution in [0, 0.1) is 0 Å². The van der Waals surface area contributed by atoms with Gasteiger partial charge in [0.2, 0.25) is 0 Å². The molecule has 152 valence electrons. The number of hydrogen-bond acceptors (Lipinski definition) is 4. The summed E-state index contributed by atoms with van der Waals surface area (Å²) >= 11 is 6.24. The molecule has 1 amide bonds. The largest absolute Gasteiger partial charge is 0.488 e. The van der Waals surface area contributed by atoms with Gasteiger partial charge < -0.3 is 13.9 Å². The van der Waals surface area contributed by atoms with Crippen LogP contribution >= 0.6 is 11.6 Å². The molecule has 0 spiro atoms. The van der Waals surface area contributed by atoms with E-state index in [0.29, 0.717) is 30.4 Å². The lowest BCUT2D eigenvalue weighted by Crippen LogP contribution is -2.36. The van der Waals surface area contributed by atoms with Crippen molar-refractivity contribution in [3.05, 3.63) is 59.9 Å². The first-order valence-corrected chi connectivity index (χ1v) is 10.2. The molecule has 2 aromatic carbocycles. The van der Waals surface area contributed by atoms with Gasteiger partial charge in [-0.05, 0) is 32.4 Å². The smallest absolute Gasteiger partial charge is 0.414 e. The third-order valence-electron chi connectivity index (χ3n) is 4.86. The Morgan fingerprint density at radius 3 is 2.69 bits per heavy atom. The Labute approximate surface area is 175 Å². The molecule has 3 aromatic rings. The lowest BCUT2D eigenvalue weighted by molar-refractivity contribution is 0.0582. The maximum atomic E-state index is 12.8. The highest BCUT2D eigenvalue weighted by Gasteiger charge is 2.37. The number of ether oxygens (including phenoxy) is 2. The standard InChI is InChI=1S/C23H24ClNO4/c1-23(2,3)29-22(26)25-13-16(12-24)20-18(25)11-19(17-9-10-27-21(17)20)28-14-15-7-5-4-6-8-15/h4-11,16H,12-14H2,1-3H3. The van der Waals surface area contributed by atoms with Crippen LogP contribution in [0.3, 0.4) is 0 Å². The van der Waals surface area contributed by atoms with Gasteiger partial charge in [0.15, 0.2) is 0 Å². The van der Waals surface area contributed by atoms with Crippen molar-refractivity contribution in [1.82, 2.24) is 0 Å². The van der Waals surface area contributed by atoms with Gasteiger partial charge in [-0.2, -0.15) is 0 Å². The van der Waals surface area contributed by atoms with E-state index in [4.69, 9.17) is 25.5 Å². The van der Waals surface area contributed by atoms with Gasteiger partial charge in [0.25, 0.3) is 0 Å². The van der Waals surface area contributed by atoms with Crippen molar-refractivity contribution in [3.63, 3.8) is 0 Å². The zero-order valence-electron chi connectivity index (χ0n) is 16.8. The Balaban J connectivity index is 1.73. The number of furan rings is 1. The van der Waals surface area contributed by atoms with Gasteiger partial charge in [-0.3, -0.25) is 4.90 Å². The van der Waals surface area contributed by atoms with Crippen LogP contribution in [0.15, 0.2) is 53.1 Å². The molecule has 29 heavy (non-hydrogen) atoms. The molecule has 0 N–H and O–H groups in total. The molecule has 0 radical (unpaired) electrons. The summed E-state index contributed by atoms with van der Waals surface area (Å²) in [5, 5.41) is 0.876. The summed E-state index contributed by atoms with van der Waals surface area (Å²) in [4.78, 5) is 14.5. The highest BCUT2D eigenvalue weighted by atomic mass is 35.5. The fraction of sp³-hybridized carbons (Fsp3) is 0.348. The van der Waals surface area contributed by atoms with Crippen molar-refractivity contribution in [2.24, 2.45) is 0 Å². The Morgan fingerprint density at radius 1 is 1.24 bits per heavy atom. The lowest BCUT2D eigenvalue weighted by Gasteiger charge is -2.25. The summed E-state index contributed by atoms with van der Waals surface area (Å²) in [5.74, 6) is 1.02. The number of nitrogens with zero attached hydrogens (tertiary/aromatic N) is 1. The number of carbonyl (C=O) groups excluding carboxylic acids is 1. The molecule has 4 rings (SSSR count). The van der Waals surface area contributed by atoms with E-state index in [-0.39, 0.29) is 5.92 Å². The van der Waals surface area contributed by atoms with Gasteiger partial charge in [-0.1, -0.05) is 30.3 Å². The van der Waals surface area contributed by atoms with Gasteiger partial charge >= 0.3 is 6.09 Å². The minimum absolute atomic E-state index is 0.0315. The molecule has 5 nitrogen and oxygen atoms in total. The number of fused-ring (bicyclic) bond motifs is 3. The molecule has 1 aliphatic rings. The van der Waals surface area contributed by atoms with Crippen LogP contribution in [0.5, 0.6) is 5.75 Å². The van der Waals surface area contributed by atoms with E-state index in [2.05, 4.69) is 0 Å². The number of hydrogen-bond donors (Lipinski definition) is 0. The van der Waals surface area contributed by atoms with E-state index in [1.165, 1.54) is 0 Å². The average Bonchev–Trinajstić information content (AvgIpc) is 3.30. The number of halogens is 1. The van der Waals surface area contributed by atoms with Crippen LogP contribution in [0.25, 0.3) is 11.0 Å². The minimum Gasteiger partial charge on any atom is -0.488 e. The number of benzene rings is 2. The molecule has 1 aromatic heterocycles. The second-order valence-corrected chi connectivity index (χ2v) is 8.50. The van der Waals surface area contributed by atoms with Crippen LogP contribution in [0.1, 0.15) is 37.8 Å². The Bertz CT molecular complexity index is 1020. The van der Waals surface area contributed by atoms with Crippen molar-refractivity contribution >= 4 is 34.4 Å². The first kappa shape index (κ1) is 19.6. The summed E-state index contributed by atoms with van der Waals surface area (Å²) in [6.45, 7) is 6.43. The van der Waals surface area contributed by atoms with E-state index in [1.54, 1.807) is 11.2 Å². The van der Waals surface area contributed by atoms with Crippen LogP contribution in [-0.4, -0.2) is 24.1 Å². The summed E-state index contributed by atoms with van der Waals surface area (Å²) in [6.07, 6.45) is 1.24. The second kappa shape index (κ2) is 7.64. The quantitative estimate of drug-likeness (QED) is 0.485. The molecule has 0 aliphatic carbocycles. The van der Waals surface area contributed by atoms with Crippen LogP contribution in [0.2, 0.25) is 0 Å². The average molecular weight is 414 g/mol. The molecule has 0 saturated carbocycles. The molecule has 0 bridgehead atoms. The zero-order chi connectivity index (χ0) is 20.6. The monoisotopic (exact) mass is 413 g/mol. The van der Waals surface area contributed by atoms with E-state index >= 15 is 0 Å². The van der Waals surface area contributed by atoms with Crippen LogP contribution in [-0.2, 0) is 11.3 Å². The fourth-order valence-corrected chi connectivity index (χ4v) is 3.86. The maximum Gasteiger partial charge on any atom is 0.414 e. The van der Waals surface area contributed by atoms with Gasteiger partial charge in [-0.25, -0.2) is 4.79 Å². The van der Waals surface area contributed by atoms with E-state index in [1.807, 2.05) is 63.2 Å². The summed E-state index contributed by atoms with van der Waals surface area (Å²) in [7, 11) is 0. The zero-order valence-corrected chi connectivity index (χ0v) is 17.5. The number of amides is 1.